The fourth-order valence-electron chi connectivity index (χ4n) is 6.17. The fraction of sp³-hybridized carbons (Fsp3) is 0.769. The van der Waals surface area contributed by atoms with Crippen LogP contribution in [-0.4, -0.2) is 6.17 Å². The van der Waals surface area contributed by atoms with Crippen LogP contribution in [0.4, 0.5) is 4.39 Å². The lowest BCUT2D eigenvalue weighted by molar-refractivity contribution is 0.149. The minimum atomic E-state index is -0.619. The molecule has 0 saturated heterocycles. The number of rotatable bonds is 9. The molecule has 0 heterocycles. The van der Waals surface area contributed by atoms with E-state index in [4.69, 9.17) is 0 Å². The Morgan fingerprint density at radius 1 is 1.00 bits per heavy atom. The van der Waals surface area contributed by atoms with Gasteiger partial charge < -0.3 is 0 Å². The molecule has 152 valence electrons. The molecule has 0 radical (unpaired) electrons. The highest BCUT2D eigenvalue weighted by Crippen LogP contribution is 2.43. The van der Waals surface area contributed by atoms with Crippen molar-refractivity contribution in [1.82, 2.24) is 0 Å². The number of benzene rings is 1. The van der Waals surface area contributed by atoms with Crippen molar-refractivity contribution in [2.75, 3.05) is 0 Å². The number of hydrogen-bond donors (Lipinski definition) is 0. The number of hydrogen-bond acceptors (Lipinski definition) is 0. The standard InChI is InChI=1S/C26H41F/c1-4-8-20-11-13-22(14-12-20)19(3)17-24(27)18-21(5-2)26-16-15-23-9-6-7-10-25(23)26/h6-7,9-10,19-22,24,26H,4-5,8,11-18H2,1-3H3/t19?,20-,21?,22-,24?,26?. The van der Waals surface area contributed by atoms with Gasteiger partial charge in [0.05, 0.1) is 0 Å². The van der Waals surface area contributed by atoms with E-state index >= 15 is 4.39 Å². The third kappa shape index (κ3) is 5.36. The lowest BCUT2D eigenvalue weighted by atomic mass is 9.73. The van der Waals surface area contributed by atoms with Crippen molar-refractivity contribution in [1.29, 1.82) is 0 Å². The SMILES string of the molecule is CCC[C@H]1CC[C@H](C(C)CC(F)CC(CC)C2CCc3ccccc32)CC1. The van der Waals surface area contributed by atoms with Crippen LogP contribution in [0.2, 0.25) is 0 Å². The summed E-state index contributed by atoms with van der Waals surface area (Å²) in [4.78, 5) is 0. The van der Waals surface area contributed by atoms with Gasteiger partial charge in [-0.3, -0.25) is 0 Å². The van der Waals surface area contributed by atoms with Gasteiger partial charge in [-0.05, 0) is 79.2 Å². The molecular weight excluding hydrogens is 331 g/mol. The molecule has 0 N–H and O–H groups in total. The van der Waals surface area contributed by atoms with E-state index in [-0.39, 0.29) is 0 Å². The van der Waals surface area contributed by atoms with Crippen LogP contribution in [-0.2, 0) is 6.42 Å². The topological polar surface area (TPSA) is 0 Å². The van der Waals surface area contributed by atoms with E-state index < -0.39 is 6.17 Å². The fourth-order valence-corrected chi connectivity index (χ4v) is 6.17. The Labute approximate surface area is 167 Å². The highest BCUT2D eigenvalue weighted by molar-refractivity contribution is 5.35. The highest BCUT2D eigenvalue weighted by atomic mass is 19.1. The van der Waals surface area contributed by atoms with Gasteiger partial charge in [0.1, 0.15) is 6.17 Å². The van der Waals surface area contributed by atoms with Crippen molar-refractivity contribution in [3.8, 4) is 0 Å². The Morgan fingerprint density at radius 3 is 2.44 bits per heavy atom. The molecule has 27 heavy (non-hydrogen) atoms. The molecule has 0 bridgehead atoms. The summed E-state index contributed by atoms with van der Waals surface area (Å²) in [6.07, 6.45) is 12.6. The number of alkyl halides is 1. The van der Waals surface area contributed by atoms with Crippen LogP contribution in [0.15, 0.2) is 24.3 Å². The summed E-state index contributed by atoms with van der Waals surface area (Å²) in [5.74, 6) is 3.37. The van der Waals surface area contributed by atoms with E-state index in [2.05, 4.69) is 45.0 Å². The van der Waals surface area contributed by atoms with Gasteiger partial charge in [-0.15, -0.1) is 0 Å². The second-order valence-electron chi connectivity index (χ2n) is 9.63. The summed E-state index contributed by atoms with van der Waals surface area (Å²) in [7, 11) is 0. The molecule has 1 fully saturated rings. The molecule has 1 saturated carbocycles. The summed E-state index contributed by atoms with van der Waals surface area (Å²) in [5, 5.41) is 0. The van der Waals surface area contributed by atoms with Gasteiger partial charge in [0.25, 0.3) is 0 Å². The van der Waals surface area contributed by atoms with Crippen molar-refractivity contribution in [2.45, 2.75) is 103 Å². The Kier molecular flexibility index (Phi) is 7.79. The van der Waals surface area contributed by atoms with Gasteiger partial charge in [0, 0.05) is 0 Å². The van der Waals surface area contributed by atoms with Crippen LogP contribution in [0.25, 0.3) is 0 Å². The zero-order chi connectivity index (χ0) is 19.2. The average molecular weight is 373 g/mol. The van der Waals surface area contributed by atoms with E-state index in [0.29, 0.717) is 17.8 Å². The van der Waals surface area contributed by atoms with Gasteiger partial charge in [0.15, 0.2) is 0 Å². The minimum Gasteiger partial charge on any atom is -0.247 e. The zero-order valence-corrected chi connectivity index (χ0v) is 17.9. The molecule has 1 aromatic carbocycles. The van der Waals surface area contributed by atoms with E-state index in [1.165, 1.54) is 62.5 Å². The van der Waals surface area contributed by atoms with Gasteiger partial charge in [-0.25, -0.2) is 4.39 Å². The second-order valence-corrected chi connectivity index (χ2v) is 9.63. The molecule has 0 aromatic heterocycles. The van der Waals surface area contributed by atoms with Crippen molar-refractivity contribution in [3.63, 3.8) is 0 Å². The number of fused-ring (bicyclic) bond motifs is 1. The quantitative estimate of drug-likeness (QED) is 0.410. The van der Waals surface area contributed by atoms with Gasteiger partial charge >= 0.3 is 0 Å². The maximum atomic E-state index is 15.1. The largest absolute Gasteiger partial charge is 0.247 e. The van der Waals surface area contributed by atoms with E-state index in [0.717, 1.165) is 31.1 Å². The molecule has 2 aliphatic carbocycles. The predicted octanol–water partition coefficient (Wildman–Crippen LogP) is 8.10. The highest BCUT2D eigenvalue weighted by Gasteiger charge is 2.32. The summed E-state index contributed by atoms with van der Waals surface area (Å²) in [6.45, 7) is 6.88. The lowest BCUT2D eigenvalue weighted by Crippen LogP contribution is -2.24. The summed E-state index contributed by atoms with van der Waals surface area (Å²) < 4.78 is 15.1. The molecule has 4 unspecified atom stereocenters. The van der Waals surface area contributed by atoms with Crippen LogP contribution in [0.5, 0.6) is 0 Å². The van der Waals surface area contributed by atoms with Crippen LogP contribution in [0.1, 0.15) is 102 Å². The number of aryl methyl sites for hydroxylation is 1. The maximum absolute atomic E-state index is 15.1. The molecule has 0 amide bonds. The molecule has 3 rings (SSSR count). The van der Waals surface area contributed by atoms with Crippen LogP contribution in [0.3, 0.4) is 0 Å². The molecule has 0 aliphatic heterocycles. The molecule has 1 aromatic rings. The first-order valence-corrected chi connectivity index (χ1v) is 11.8. The molecule has 4 atom stereocenters. The zero-order valence-electron chi connectivity index (χ0n) is 17.9. The van der Waals surface area contributed by atoms with Crippen molar-refractivity contribution >= 4 is 0 Å². The van der Waals surface area contributed by atoms with Gasteiger partial charge in [-0.1, -0.05) is 77.1 Å². The average Bonchev–Trinajstić information content (AvgIpc) is 3.11. The van der Waals surface area contributed by atoms with Crippen molar-refractivity contribution in [3.05, 3.63) is 35.4 Å². The summed E-state index contributed by atoms with van der Waals surface area (Å²) >= 11 is 0. The lowest BCUT2D eigenvalue weighted by Gasteiger charge is -2.33. The molecular formula is C26H41F. The minimum absolute atomic E-state index is 0.510. The third-order valence-electron chi connectivity index (χ3n) is 7.85. The van der Waals surface area contributed by atoms with Crippen molar-refractivity contribution in [2.24, 2.45) is 23.7 Å². The van der Waals surface area contributed by atoms with Crippen LogP contribution >= 0.6 is 0 Å². The molecule has 0 spiro atoms. The smallest absolute Gasteiger partial charge is 0.101 e. The number of halogens is 1. The van der Waals surface area contributed by atoms with Gasteiger partial charge in [-0.2, -0.15) is 0 Å². The first-order chi connectivity index (χ1) is 13.1. The van der Waals surface area contributed by atoms with E-state index in [1.807, 2.05) is 0 Å². The molecule has 0 nitrogen and oxygen atoms in total. The molecule has 1 heteroatoms. The monoisotopic (exact) mass is 372 g/mol. The normalized spacial score (nSPS) is 28.5. The van der Waals surface area contributed by atoms with Gasteiger partial charge in [0.2, 0.25) is 0 Å². The third-order valence-corrected chi connectivity index (χ3v) is 7.85. The van der Waals surface area contributed by atoms with Crippen LogP contribution in [0, 0.1) is 23.7 Å². The molecule has 2 aliphatic rings. The Hall–Kier alpha value is -0.850. The Morgan fingerprint density at radius 2 is 1.74 bits per heavy atom. The van der Waals surface area contributed by atoms with Crippen LogP contribution < -0.4 is 0 Å². The Balaban J connectivity index is 1.49. The van der Waals surface area contributed by atoms with Crippen molar-refractivity contribution < 1.29 is 4.39 Å². The second kappa shape index (κ2) is 10.1. The predicted molar refractivity (Wildman–Crippen MR) is 115 cm³/mol. The Bertz CT molecular complexity index is 557. The maximum Gasteiger partial charge on any atom is 0.101 e. The van der Waals surface area contributed by atoms with E-state index in [1.54, 1.807) is 0 Å². The summed E-state index contributed by atoms with van der Waals surface area (Å²) in [6, 6.07) is 8.87. The first kappa shape index (κ1) is 20.9. The first-order valence-electron chi connectivity index (χ1n) is 11.8. The van der Waals surface area contributed by atoms with E-state index in [9.17, 15) is 0 Å². The summed E-state index contributed by atoms with van der Waals surface area (Å²) in [5.41, 5.74) is 3.02.